The molecule has 0 bridgehead atoms. The minimum atomic E-state index is 0.0503. The molecule has 2 N–H and O–H groups in total. The standard InChI is InChI=1S/C6H14O.C4H11N/c1-5-7-6(2,3)4;1-2-3-4-5/h5H2,1-4H3;2-5H2,1H3. The molecule has 2 nitrogen and oxygen atoms in total. The predicted octanol–water partition coefficient (Wildman–Crippen LogP) is 2.57. The van der Waals surface area contributed by atoms with Crippen LogP contribution in [-0.2, 0) is 4.74 Å². The molecule has 0 aliphatic carbocycles. The molecule has 0 aliphatic heterocycles. The zero-order valence-electron chi connectivity index (χ0n) is 9.31. The summed E-state index contributed by atoms with van der Waals surface area (Å²) in [5.74, 6) is 0. The number of nitrogens with two attached hydrogens (primary N) is 1. The molecular formula is C10H25NO. The van der Waals surface area contributed by atoms with E-state index in [1.165, 1.54) is 12.8 Å². The van der Waals surface area contributed by atoms with Gasteiger partial charge in [-0.1, -0.05) is 13.3 Å². The summed E-state index contributed by atoms with van der Waals surface area (Å²) in [6.07, 6.45) is 2.39. The maximum atomic E-state index is 5.23. The van der Waals surface area contributed by atoms with Crippen molar-refractivity contribution in [3.8, 4) is 0 Å². The number of rotatable bonds is 3. The van der Waals surface area contributed by atoms with Gasteiger partial charge in [0.25, 0.3) is 0 Å². The quantitative estimate of drug-likeness (QED) is 0.715. The first kappa shape index (κ1) is 14.4. The normalized spacial score (nSPS) is 10.5. The second-order valence-corrected chi connectivity index (χ2v) is 3.69. The van der Waals surface area contributed by atoms with Gasteiger partial charge in [-0.15, -0.1) is 0 Å². The van der Waals surface area contributed by atoms with Crippen LogP contribution in [0.15, 0.2) is 0 Å². The summed E-state index contributed by atoms with van der Waals surface area (Å²) in [5.41, 5.74) is 5.19. The molecule has 12 heavy (non-hydrogen) atoms. The van der Waals surface area contributed by atoms with Crippen LogP contribution in [0.4, 0.5) is 0 Å². The molecule has 0 amide bonds. The summed E-state index contributed by atoms with van der Waals surface area (Å²) in [5, 5.41) is 0. The molecule has 0 atom stereocenters. The van der Waals surface area contributed by atoms with Gasteiger partial charge in [0.05, 0.1) is 5.60 Å². The van der Waals surface area contributed by atoms with Crippen LogP contribution in [-0.4, -0.2) is 18.8 Å². The van der Waals surface area contributed by atoms with Gasteiger partial charge >= 0.3 is 0 Å². The fourth-order valence-corrected chi connectivity index (χ4v) is 0.637. The fraction of sp³-hybridized carbons (Fsp3) is 1.00. The van der Waals surface area contributed by atoms with Crippen molar-refractivity contribution in [1.82, 2.24) is 0 Å². The molecule has 0 unspecified atom stereocenters. The SMILES string of the molecule is CCCCN.CCOC(C)(C)C. The first-order chi connectivity index (χ1) is 5.47. The molecule has 0 radical (unpaired) electrons. The molecule has 0 saturated carbocycles. The highest BCUT2D eigenvalue weighted by molar-refractivity contribution is 4.56. The highest BCUT2D eigenvalue weighted by Crippen LogP contribution is 2.04. The van der Waals surface area contributed by atoms with Crippen molar-refractivity contribution in [2.45, 2.75) is 53.1 Å². The molecule has 0 aromatic heterocycles. The Bertz CT molecular complexity index is 74.4. The molecular weight excluding hydrogens is 150 g/mol. The van der Waals surface area contributed by atoms with E-state index in [2.05, 4.69) is 27.7 Å². The first-order valence-electron chi connectivity index (χ1n) is 4.82. The second kappa shape index (κ2) is 9.01. The van der Waals surface area contributed by atoms with Gasteiger partial charge in [0.2, 0.25) is 0 Å². The van der Waals surface area contributed by atoms with Crippen molar-refractivity contribution in [2.75, 3.05) is 13.2 Å². The summed E-state index contributed by atoms with van der Waals surface area (Å²) < 4.78 is 5.23. The molecule has 76 valence electrons. The molecule has 0 fully saturated rings. The van der Waals surface area contributed by atoms with E-state index in [4.69, 9.17) is 10.5 Å². The van der Waals surface area contributed by atoms with Crippen molar-refractivity contribution >= 4 is 0 Å². The molecule has 0 aromatic carbocycles. The van der Waals surface area contributed by atoms with Crippen LogP contribution >= 0.6 is 0 Å². The Morgan fingerprint density at radius 1 is 1.17 bits per heavy atom. The van der Waals surface area contributed by atoms with E-state index < -0.39 is 0 Å². The molecule has 0 spiro atoms. The van der Waals surface area contributed by atoms with E-state index in [0.717, 1.165) is 13.2 Å². The van der Waals surface area contributed by atoms with E-state index in [9.17, 15) is 0 Å². The summed E-state index contributed by atoms with van der Waals surface area (Å²) in [7, 11) is 0. The number of ether oxygens (including phenoxy) is 1. The Labute approximate surface area is 77.5 Å². The smallest absolute Gasteiger partial charge is 0.0598 e. The lowest BCUT2D eigenvalue weighted by atomic mass is 10.2. The lowest BCUT2D eigenvalue weighted by Crippen LogP contribution is -2.18. The maximum absolute atomic E-state index is 5.23. The molecule has 0 aromatic rings. The minimum absolute atomic E-state index is 0.0503. The van der Waals surface area contributed by atoms with E-state index in [1.807, 2.05) is 6.92 Å². The molecule has 2 heteroatoms. The first-order valence-corrected chi connectivity index (χ1v) is 4.82. The number of unbranched alkanes of at least 4 members (excludes halogenated alkanes) is 1. The van der Waals surface area contributed by atoms with E-state index >= 15 is 0 Å². The fourth-order valence-electron chi connectivity index (χ4n) is 0.637. The third kappa shape index (κ3) is 22.5. The van der Waals surface area contributed by atoms with Gasteiger partial charge in [-0.05, 0) is 40.7 Å². The summed E-state index contributed by atoms with van der Waals surface area (Å²) >= 11 is 0. The molecule has 0 saturated heterocycles. The van der Waals surface area contributed by atoms with Gasteiger partial charge in [-0.25, -0.2) is 0 Å². The van der Waals surface area contributed by atoms with Gasteiger partial charge < -0.3 is 10.5 Å². The predicted molar refractivity (Wildman–Crippen MR) is 55.3 cm³/mol. The lowest BCUT2D eigenvalue weighted by molar-refractivity contribution is 0.00532. The van der Waals surface area contributed by atoms with Crippen LogP contribution < -0.4 is 5.73 Å². The van der Waals surface area contributed by atoms with E-state index in [-0.39, 0.29) is 5.60 Å². The topological polar surface area (TPSA) is 35.2 Å². The van der Waals surface area contributed by atoms with Crippen LogP contribution in [0.3, 0.4) is 0 Å². The zero-order valence-corrected chi connectivity index (χ0v) is 9.31. The Morgan fingerprint density at radius 2 is 1.67 bits per heavy atom. The third-order valence-corrected chi connectivity index (χ3v) is 1.14. The largest absolute Gasteiger partial charge is 0.376 e. The highest BCUT2D eigenvalue weighted by atomic mass is 16.5. The summed E-state index contributed by atoms with van der Waals surface area (Å²) in [6, 6.07) is 0. The van der Waals surface area contributed by atoms with Gasteiger partial charge in [0.15, 0.2) is 0 Å². The highest BCUT2D eigenvalue weighted by Gasteiger charge is 2.06. The molecule has 0 rings (SSSR count). The Hall–Kier alpha value is -0.0800. The van der Waals surface area contributed by atoms with Crippen molar-refractivity contribution in [1.29, 1.82) is 0 Å². The minimum Gasteiger partial charge on any atom is -0.376 e. The average Bonchev–Trinajstić information content (AvgIpc) is 1.87. The van der Waals surface area contributed by atoms with Crippen molar-refractivity contribution in [3.63, 3.8) is 0 Å². The Kier molecular flexibility index (Phi) is 10.8. The van der Waals surface area contributed by atoms with Crippen LogP contribution in [0.25, 0.3) is 0 Å². The monoisotopic (exact) mass is 175 g/mol. The Balaban J connectivity index is 0. The zero-order chi connectivity index (χ0) is 10.0. The second-order valence-electron chi connectivity index (χ2n) is 3.69. The average molecular weight is 175 g/mol. The van der Waals surface area contributed by atoms with Crippen LogP contribution in [0.5, 0.6) is 0 Å². The number of hydrogen-bond donors (Lipinski definition) is 1. The molecule has 0 heterocycles. The van der Waals surface area contributed by atoms with Gasteiger partial charge in [0.1, 0.15) is 0 Å². The van der Waals surface area contributed by atoms with Crippen LogP contribution in [0, 0.1) is 0 Å². The van der Waals surface area contributed by atoms with Crippen molar-refractivity contribution < 1.29 is 4.74 Å². The summed E-state index contributed by atoms with van der Waals surface area (Å²) in [4.78, 5) is 0. The van der Waals surface area contributed by atoms with Gasteiger partial charge in [-0.3, -0.25) is 0 Å². The van der Waals surface area contributed by atoms with E-state index in [0.29, 0.717) is 0 Å². The summed E-state index contributed by atoms with van der Waals surface area (Å²) in [6.45, 7) is 11.9. The maximum Gasteiger partial charge on any atom is 0.0598 e. The van der Waals surface area contributed by atoms with Crippen LogP contribution in [0.1, 0.15) is 47.5 Å². The number of hydrogen-bond acceptors (Lipinski definition) is 2. The van der Waals surface area contributed by atoms with Crippen LogP contribution in [0.2, 0.25) is 0 Å². The Morgan fingerprint density at radius 3 is 1.67 bits per heavy atom. The van der Waals surface area contributed by atoms with Crippen molar-refractivity contribution in [3.05, 3.63) is 0 Å². The van der Waals surface area contributed by atoms with Gasteiger partial charge in [0, 0.05) is 6.61 Å². The van der Waals surface area contributed by atoms with Crippen molar-refractivity contribution in [2.24, 2.45) is 5.73 Å². The van der Waals surface area contributed by atoms with Gasteiger partial charge in [-0.2, -0.15) is 0 Å². The third-order valence-electron chi connectivity index (χ3n) is 1.14. The van der Waals surface area contributed by atoms with E-state index in [1.54, 1.807) is 0 Å². The lowest BCUT2D eigenvalue weighted by Gasteiger charge is -2.17. The molecule has 0 aliphatic rings.